The summed E-state index contributed by atoms with van der Waals surface area (Å²) in [5.41, 5.74) is 0. The fraction of sp³-hybridized carbons (Fsp3) is 1.00. The number of ether oxygens (including phenoxy) is 6. The van der Waals surface area contributed by atoms with E-state index in [1.807, 2.05) is 0 Å². The van der Waals surface area contributed by atoms with Crippen molar-refractivity contribution in [3.63, 3.8) is 0 Å². The van der Waals surface area contributed by atoms with E-state index in [4.69, 9.17) is 42.4 Å². The molecule has 0 saturated heterocycles. The second-order valence-corrected chi connectivity index (χ2v) is 4.72. The summed E-state index contributed by atoms with van der Waals surface area (Å²) in [6, 6.07) is 0. The van der Waals surface area contributed by atoms with Crippen LogP contribution in [0.3, 0.4) is 0 Å². The first-order valence-corrected chi connectivity index (χ1v) is 8.40. The first-order chi connectivity index (χ1) is 12.3. The van der Waals surface area contributed by atoms with Crippen molar-refractivity contribution in [1.82, 2.24) is 0 Å². The summed E-state index contributed by atoms with van der Waals surface area (Å²) in [6.07, 6.45) is 0. The smallest absolute Gasteiger partial charge is 0.383 e. The maximum absolute atomic E-state index is 5.51. The molecule has 25 heavy (non-hydrogen) atoms. The van der Waals surface area contributed by atoms with Gasteiger partial charge in [0.05, 0.1) is 79.3 Å². The predicted molar refractivity (Wildman–Crippen MR) is 91.7 cm³/mol. The highest BCUT2D eigenvalue weighted by atomic mass is 16.7. The fourth-order valence-corrected chi connectivity index (χ4v) is 1.49. The zero-order valence-electron chi connectivity index (χ0n) is 15.7. The van der Waals surface area contributed by atoms with E-state index in [0.29, 0.717) is 79.3 Å². The van der Waals surface area contributed by atoms with Crippen LogP contribution in [-0.4, -0.2) is 108 Å². The summed E-state index contributed by atoms with van der Waals surface area (Å²) >= 11 is 0. The highest BCUT2D eigenvalue weighted by Gasteiger charge is 2.21. The molecule has 0 bridgehead atoms. The molecule has 0 atom stereocenters. The fourth-order valence-electron chi connectivity index (χ4n) is 1.49. The lowest BCUT2D eigenvalue weighted by Gasteiger charge is -2.15. The van der Waals surface area contributed by atoms with Crippen molar-refractivity contribution >= 4 is 7.32 Å². The highest BCUT2D eigenvalue weighted by molar-refractivity contribution is 6.36. The van der Waals surface area contributed by atoms with Gasteiger partial charge in [-0.3, -0.25) is 0 Å². The van der Waals surface area contributed by atoms with Crippen LogP contribution in [0.1, 0.15) is 0 Å². The second-order valence-electron chi connectivity index (χ2n) is 4.72. The maximum Gasteiger partial charge on any atom is 0.639 e. The molecule has 0 aliphatic rings. The summed E-state index contributed by atoms with van der Waals surface area (Å²) in [7, 11) is 4.09. The van der Waals surface area contributed by atoms with Gasteiger partial charge in [-0.25, -0.2) is 0 Å². The first kappa shape index (κ1) is 24.7. The highest BCUT2D eigenvalue weighted by Crippen LogP contribution is 1.95. The lowest BCUT2D eigenvalue weighted by molar-refractivity contribution is 0.00436. The van der Waals surface area contributed by atoms with Crippen LogP contribution in [0.5, 0.6) is 0 Å². The molecule has 0 aromatic rings. The Hall–Kier alpha value is -0.295. The average Bonchev–Trinajstić information content (AvgIpc) is 2.63. The van der Waals surface area contributed by atoms with Gasteiger partial charge in [-0.2, -0.15) is 0 Å². The molecule has 0 unspecified atom stereocenters. The van der Waals surface area contributed by atoms with E-state index >= 15 is 0 Å². The van der Waals surface area contributed by atoms with Gasteiger partial charge in [-0.1, -0.05) is 0 Å². The zero-order valence-corrected chi connectivity index (χ0v) is 15.7. The van der Waals surface area contributed by atoms with Gasteiger partial charge in [0.15, 0.2) is 0 Å². The lowest BCUT2D eigenvalue weighted by atomic mass is 10.2. The molecule has 0 aromatic heterocycles. The second kappa shape index (κ2) is 21.7. The topological polar surface area (TPSA) is 83.1 Å². The first-order valence-electron chi connectivity index (χ1n) is 8.40. The Morgan fingerprint density at radius 1 is 0.400 bits per heavy atom. The lowest BCUT2D eigenvalue weighted by Crippen LogP contribution is -2.31. The molecule has 0 N–H and O–H groups in total. The average molecular weight is 368 g/mol. The number of hydrogen-bond acceptors (Lipinski definition) is 9. The molecule has 0 saturated carbocycles. The molecule has 150 valence electrons. The van der Waals surface area contributed by atoms with Crippen molar-refractivity contribution in [2.24, 2.45) is 0 Å². The molecule has 0 spiro atoms. The number of methoxy groups -OCH3 is 3. The Balaban J connectivity index is 3.76. The Bertz CT molecular complexity index is 211. The molecule has 0 amide bonds. The number of hydrogen-bond donors (Lipinski definition) is 0. The SMILES string of the molecule is COCCOCCOB(OCCOCCOC)OCCOCCOC. The molecule has 10 heteroatoms. The minimum atomic E-state index is -0.789. The van der Waals surface area contributed by atoms with Gasteiger partial charge in [-0.15, -0.1) is 0 Å². The maximum atomic E-state index is 5.51. The predicted octanol–water partition coefficient (Wildman–Crippen LogP) is 0.0101. The van der Waals surface area contributed by atoms with E-state index in [9.17, 15) is 0 Å². The van der Waals surface area contributed by atoms with E-state index in [0.717, 1.165) is 0 Å². The van der Waals surface area contributed by atoms with Gasteiger partial charge in [0.2, 0.25) is 0 Å². The third-order valence-corrected chi connectivity index (χ3v) is 2.74. The Morgan fingerprint density at radius 3 is 0.960 bits per heavy atom. The van der Waals surface area contributed by atoms with E-state index in [1.54, 1.807) is 21.3 Å². The molecule has 0 radical (unpaired) electrons. The van der Waals surface area contributed by atoms with E-state index < -0.39 is 7.32 Å². The largest absolute Gasteiger partial charge is 0.639 e. The minimum absolute atomic E-state index is 0.351. The van der Waals surface area contributed by atoms with Crippen molar-refractivity contribution in [2.75, 3.05) is 101 Å². The Morgan fingerprint density at radius 2 is 0.680 bits per heavy atom. The van der Waals surface area contributed by atoms with Crippen LogP contribution in [0.4, 0.5) is 0 Å². The third-order valence-electron chi connectivity index (χ3n) is 2.74. The van der Waals surface area contributed by atoms with Crippen molar-refractivity contribution in [3.05, 3.63) is 0 Å². The van der Waals surface area contributed by atoms with E-state index in [2.05, 4.69) is 0 Å². The van der Waals surface area contributed by atoms with Gasteiger partial charge in [0.1, 0.15) is 0 Å². The van der Waals surface area contributed by atoms with Gasteiger partial charge < -0.3 is 42.4 Å². The molecule has 0 fully saturated rings. The molecule has 0 aliphatic carbocycles. The van der Waals surface area contributed by atoms with Crippen LogP contribution in [0, 0.1) is 0 Å². The van der Waals surface area contributed by atoms with Gasteiger partial charge in [0, 0.05) is 21.3 Å². The summed E-state index contributed by atoms with van der Waals surface area (Å²) in [5, 5.41) is 0. The Kier molecular flexibility index (Phi) is 21.5. The van der Waals surface area contributed by atoms with Crippen molar-refractivity contribution in [1.29, 1.82) is 0 Å². The summed E-state index contributed by atoms with van der Waals surface area (Å²) in [6.45, 7) is 5.56. The van der Waals surface area contributed by atoms with Gasteiger partial charge >= 0.3 is 7.32 Å². The quantitative estimate of drug-likeness (QED) is 0.206. The van der Waals surface area contributed by atoms with Crippen LogP contribution >= 0.6 is 0 Å². The van der Waals surface area contributed by atoms with Crippen LogP contribution in [0.2, 0.25) is 0 Å². The summed E-state index contributed by atoms with van der Waals surface area (Å²) in [5.74, 6) is 0. The molecular formula is C15H33BO9. The molecular weight excluding hydrogens is 335 g/mol. The van der Waals surface area contributed by atoms with E-state index in [-0.39, 0.29) is 0 Å². The molecule has 9 nitrogen and oxygen atoms in total. The monoisotopic (exact) mass is 368 g/mol. The third kappa shape index (κ3) is 19.9. The summed E-state index contributed by atoms with van der Waals surface area (Å²) in [4.78, 5) is 0. The van der Waals surface area contributed by atoms with Gasteiger partial charge in [-0.05, 0) is 0 Å². The molecule has 0 rings (SSSR count). The Labute approximate surface area is 151 Å². The molecule has 0 aromatic carbocycles. The normalized spacial score (nSPS) is 11.2. The number of rotatable bonds is 21. The van der Waals surface area contributed by atoms with Gasteiger partial charge in [0.25, 0.3) is 0 Å². The minimum Gasteiger partial charge on any atom is -0.383 e. The van der Waals surface area contributed by atoms with Crippen LogP contribution < -0.4 is 0 Å². The molecule has 0 heterocycles. The van der Waals surface area contributed by atoms with E-state index in [1.165, 1.54) is 0 Å². The van der Waals surface area contributed by atoms with Crippen LogP contribution in [0.15, 0.2) is 0 Å². The molecule has 0 aliphatic heterocycles. The van der Waals surface area contributed by atoms with Crippen molar-refractivity contribution < 1.29 is 42.4 Å². The van der Waals surface area contributed by atoms with Crippen LogP contribution in [-0.2, 0) is 42.4 Å². The zero-order chi connectivity index (χ0) is 18.4. The standard InChI is InChI=1S/C15H33BO9/c1-17-4-7-20-10-13-23-16(24-14-11-21-8-5-18-2)25-15-12-22-9-6-19-3/h4-15H2,1-3H3. The van der Waals surface area contributed by atoms with Crippen LogP contribution in [0.25, 0.3) is 0 Å². The summed E-state index contributed by atoms with van der Waals surface area (Å²) < 4.78 is 47.2. The van der Waals surface area contributed by atoms with Crippen molar-refractivity contribution in [3.8, 4) is 0 Å². The van der Waals surface area contributed by atoms with Crippen molar-refractivity contribution in [2.45, 2.75) is 0 Å².